The van der Waals surface area contributed by atoms with Gasteiger partial charge in [-0.25, -0.2) is 4.39 Å². The fourth-order valence-corrected chi connectivity index (χ4v) is 2.03. The van der Waals surface area contributed by atoms with Gasteiger partial charge >= 0.3 is 0 Å². The van der Waals surface area contributed by atoms with Gasteiger partial charge in [0.15, 0.2) is 0 Å². The SMILES string of the molecule is CN1CC(=O)N(Cc2cccc(CN)c2F)CC1=O. The number of piperazine rings is 1. The summed E-state index contributed by atoms with van der Waals surface area (Å²) in [6, 6.07) is 4.91. The Balaban J connectivity index is 2.17. The van der Waals surface area contributed by atoms with Gasteiger partial charge in [0, 0.05) is 31.3 Å². The molecule has 0 atom stereocenters. The molecule has 0 aliphatic carbocycles. The summed E-state index contributed by atoms with van der Waals surface area (Å²) in [5.74, 6) is -0.723. The Hall–Kier alpha value is -1.95. The summed E-state index contributed by atoms with van der Waals surface area (Å²) in [5, 5.41) is 0. The van der Waals surface area contributed by atoms with Crippen molar-refractivity contribution < 1.29 is 14.0 Å². The van der Waals surface area contributed by atoms with Gasteiger partial charge in [0.1, 0.15) is 12.4 Å². The number of carbonyl (C=O) groups is 2. The van der Waals surface area contributed by atoms with Crippen LogP contribution in [-0.2, 0) is 22.7 Å². The van der Waals surface area contributed by atoms with Gasteiger partial charge in [-0.3, -0.25) is 9.59 Å². The number of rotatable bonds is 3. The van der Waals surface area contributed by atoms with E-state index in [0.717, 1.165) is 0 Å². The first kappa shape index (κ1) is 13.5. The monoisotopic (exact) mass is 265 g/mol. The first-order valence-corrected chi connectivity index (χ1v) is 6.01. The molecule has 1 aliphatic rings. The van der Waals surface area contributed by atoms with Gasteiger partial charge in [0.2, 0.25) is 11.8 Å². The molecule has 1 saturated heterocycles. The first-order chi connectivity index (χ1) is 9.02. The van der Waals surface area contributed by atoms with E-state index >= 15 is 0 Å². The first-order valence-electron chi connectivity index (χ1n) is 6.01. The summed E-state index contributed by atoms with van der Waals surface area (Å²) in [6.45, 7) is 0.228. The van der Waals surface area contributed by atoms with Gasteiger partial charge in [0.25, 0.3) is 0 Å². The molecule has 2 amide bonds. The molecule has 2 N–H and O–H groups in total. The predicted molar refractivity (Wildman–Crippen MR) is 67.3 cm³/mol. The van der Waals surface area contributed by atoms with Crippen LogP contribution in [-0.4, -0.2) is 41.8 Å². The number of carbonyl (C=O) groups excluding carboxylic acids is 2. The molecule has 19 heavy (non-hydrogen) atoms. The number of nitrogens with two attached hydrogens (primary N) is 1. The number of likely N-dealkylation sites (N-methyl/N-ethyl adjacent to an activating group) is 1. The van der Waals surface area contributed by atoms with Crippen LogP contribution in [0.4, 0.5) is 4.39 Å². The summed E-state index contributed by atoms with van der Waals surface area (Å²) in [7, 11) is 1.58. The van der Waals surface area contributed by atoms with Crippen molar-refractivity contribution in [2.45, 2.75) is 13.1 Å². The quantitative estimate of drug-likeness (QED) is 0.842. The van der Waals surface area contributed by atoms with Crippen LogP contribution in [0.5, 0.6) is 0 Å². The number of benzene rings is 1. The van der Waals surface area contributed by atoms with E-state index in [0.29, 0.717) is 11.1 Å². The van der Waals surface area contributed by atoms with Crippen LogP contribution in [0.3, 0.4) is 0 Å². The number of nitrogens with zero attached hydrogens (tertiary/aromatic N) is 2. The van der Waals surface area contributed by atoms with Crippen molar-refractivity contribution in [3.63, 3.8) is 0 Å². The molecular formula is C13H16FN3O2. The van der Waals surface area contributed by atoms with E-state index in [4.69, 9.17) is 5.73 Å². The van der Waals surface area contributed by atoms with Crippen molar-refractivity contribution in [2.75, 3.05) is 20.1 Å². The van der Waals surface area contributed by atoms with E-state index in [1.165, 1.54) is 9.80 Å². The predicted octanol–water partition coefficient (Wildman–Crippen LogP) is 0.0850. The molecular weight excluding hydrogens is 249 g/mol. The summed E-state index contributed by atoms with van der Waals surface area (Å²) in [6.07, 6.45) is 0. The molecule has 1 aliphatic heterocycles. The number of hydrogen-bond acceptors (Lipinski definition) is 3. The lowest BCUT2D eigenvalue weighted by Crippen LogP contribution is -2.51. The molecule has 5 nitrogen and oxygen atoms in total. The second-order valence-electron chi connectivity index (χ2n) is 4.59. The van der Waals surface area contributed by atoms with Crippen LogP contribution in [0.15, 0.2) is 18.2 Å². The van der Waals surface area contributed by atoms with Gasteiger partial charge < -0.3 is 15.5 Å². The molecule has 1 aromatic rings. The molecule has 6 heteroatoms. The molecule has 2 rings (SSSR count). The summed E-state index contributed by atoms with van der Waals surface area (Å²) in [5.41, 5.74) is 6.23. The Kier molecular flexibility index (Phi) is 3.80. The Morgan fingerprint density at radius 2 is 1.89 bits per heavy atom. The maximum atomic E-state index is 14.0. The smallest absolute Gasteiger partial charge is 0.242 e. The zero-order chi connectivity index (χ0) is 14.0. The topological polar surface area (TPSA) is 66.6 Å². The van der Waals surface area contributed by atoms with E-state index in [-0.39, 0.29) is 38.0 Å². The maximum Gasteiger partial charge on any atom is 0.242 e. The van der Waals surface area contributed by atoms with E-state index in [1.807, 2.05) is 0 Å². The Bertz CT molecular complexity index is 519. The van der Waals surface area contributed by atoms with Crippen LogP contribution in [0, 0.1) is 5.82 Å². The van der Waals surface area contributed by atoms with Crippen molar-refractivity contribution in [1.82, 2.24) is 9.80 Å². The summed E-state index contributed by atoms with van der Waals surface area (Å²) >= 11 is 0. The molecule has 0 unspecified atom stereocenters. The molecule has 102 valence electrons. The summed E-state index contributed by atoms with van der Waals surface area (Å²) < 4.78 is 14.0. The average molecular weight is 265 g/mol. The number of amides is 2. The van der Waals surface area contributed by atoms with Gasteiger partial charge in [0.05, 0.1) is 6.54 Å². The van der Waals surface area contributed by atoms with Crippen LogP contribution >= 0.6 is 0 Å². The second-order valence-corrected chi connectivity index (χ2v) is 4.59. The van der Waals surface area contributed by atoms with Crippen LogP contribution < -0.4 is 5.73 Å². The summed E-state index contributed by atoms with van der Waals surface area (Å²) in [4.78, 5) is 26.1. The zero-order valence-corrected chi connectivity index (χ0v) is 10.7. The lowest BCUT2D eigenvalue weighted by molar-refractivity contribution is -0.149. The molecule has 0 spiro atoms. The minimum atomic E-state index is -0.399. The Labute approximate surface area is 110 Å². The van der Waals surface area contributed by atoms with Gasteiger partial charge in [-0.2, -0.15) is 0 Å². The standard InChI is InChI=1S/C13H16FN3O2/c1-16-7-12(19)17(8-11(16)18)6-10-4-2-3-9(5-15)13(10)14/h2-4H,5-8,15H2,1H3. The van der Waals surface area contributed by atoms with Crippen molar-refractivity contribution >= 4 is 11.8 Å². The van der Waals surface area contributed by atoms with Crippen molar-refractivity contribution in [3.8, 4) is 0 Å². The van der Waals surface area contributed by atoms with E-state index in [9.17, 15) is 14.0 Å². The number of halogens is 1. The third-order valence-electron chi connectivity index (χ3n) is 3.22. The van der Waals surface area contributed by atoms with Gasteiger partial charge in [-0.05, 0) is 0 Å². The van der Waals surface area contributed by atoms with Crippen molar-refractivity contribution in [2.24, 2.45) is 5.73 Å². The molecule has 1 aromatic carbocycles. The van der Waals surface area contributed by atoms with Crippen LogP contribution in [0.2, 0.25) is 0 Å². The third-order valence-corrected chi connectivity index (χ3v) is 3.22. The lowest BCUT2D eigenvalue weighted by Gasteiger charge is -2.31. The fraction of sp³-hybridized carbons (Fsp3) is 0.385. The van der Waals surface area contributed by atoms with Crippen molar-refractivity contribution in [1.29, 1.82) is 0 Å². The molecule has 0 bridgehead atoms. The van der Waals surface area contributed by atoms with E-state index in [1.54, 1.807) is 25.2 Å². The molecule has 0 aromatic heterocycles. The Morgan fingerprint density at radius 1 is 1.21 bits per heavy atom. The highest BCUT2D eigenvalue weighted by atomic mass is 19.1. The normalized spacial score (nSPS) is 16.2. The highest BCUT2D eigenvalue weighted by Crippen LogP contribution is 2.16. The lowest BCUT2D eigenvalue weighted by atomic mass is 10.1. The molecule has 1 fully saturated rings. The highest BCUT2D eigenvalue weighted by Gasteiger charge is 2.28. The van der Waals surface area contributed by atoms with Crippen LogP contribution in [0.1, 0.15) is 11.1 Å². The Morgan fingerprint density at radius 3 is 2.58 bits per heavy atom. The molecule has 1 heterocycles. The highest BCUT2D eigenvalue weighted by molar-refractivity contribution is 5.92. The number of hydrogen-bond donors (Lipinski definition) is 1. The molecule has 0 saturated carbocycles. The third kappa shape index (κ3) is 2.73. The minimum Gasteiger partial charge on any atom is -0.335 e. The minimum absolute atomic E-state index is 0.0123. The molecule has 0 radical (unpaired) electrons. The van der Waals surface area contributed by atoms with E-state index < -0.39 is 5.82 Å². The zero-order valence-electron chi connectivity index (χ0n) is 10.7. The largest absolute Gasteiger partial charge is 0.335 e. The fourth-order valence-electron chi connectivity index (χ4n) is 2.03. The maximum absolute atomic E-state index is 14.0. The second kappa shape index (κ2) is 5.36. The van der Waals surface area contributed by atoms with E-state index in [2.05, 4.69) is 0 Å². The average Bonchev–Trinajstić information content (AvgIpc) is 2.38. The van der Waals surface area contributed by atoms with Crippen LogP contribution in [0.25, 0.3) is 0 Å². The van der Waals surface area contributed by atoms with Gasteiger partial charge in [-0.15, -0.1) is 0 Å². The van der Waals surface area contributed by atoms with Crippen molar-refractivity contribution in [3.05, 3.63) is 35.1 Å². The van der Waals surface area contributed by atoms with Gasteiger partial charge in [-0.1, -0.05) is 18.2 Å².